The van der Waals surface area contributed by atoms with E-state index in [1.54, 1.807) is 6.26 Å². The lowest BCUT2D eigenvalue weighted by atomic mass is 10.2. The Kier molecular flexibility index (Phi) is 8.20. The molecule has 0 saturated carbocycles. The molecule has 2 N–H and O–H groups in total. The highest BCUT2D eigenvalue weighted by molar-refractivity contribution is 14.0. The molecule has 0 spiro atoms. The summed E-state index contributed by atoms with van der Waals surface area (Å²) < 4.78 is 7.67. The molecule has 7 heteroatoms. The highest BCUT2D eigenvalue weighted by Gasteiger charge is 2.06. The number of halogens is 1. The topological polar surface area (TPSA) is 67.4 Å². The molecule has 0 fully saturated rings. The van der Waals surface area contributed by atoms with Crippen molar-refractivity contribution in [2.75, 3.05) is 13.1 Å². The van der Waals surface area contributed by atoms with Crippen molar-refractivity contribution in [2.45, 2.75) is 20.0 Å². The van der Waals surface area contributed by atoms with E-state index in [4.69, 9.17) is 4.42 Å². The van der Waals surface area contributed by atoms with Crippen molar-refractivity contribution in [2.24, 2.45) is 4.99 Å². The maximum Gasteiger partial charge on any atom is 0.226 e. The zero-order chi connectivity index (χ0) is 17.3. The fraction of sp³-hybridized carbons (Fsp3) is 0.263. The van der Waals surface area contributed by atoms with Crippen LogP contribution in [0.3, 0.4) is 0 Å². The van der Waals surface area contributed by atoms with Crippen molar-refractivity contribution in [3.63, 3.8) is 0 Å². The predicted molar refractivity (Wildman–Crippen MR) is 115 cm³/mol. The standard InChI is InChI=1S/C19H23N5O.HI/c1-2-20-19(21-10-13-24-11-6-7-12-24)22-14-17-15-25-18(23-17)16-8-4-3-5-9-16;/h3-9,11-12,15H,2,10,13-14H2,1H3,(H2,20,21,22);1H. The maximum absolute atomic E-state index is 5.55. The van der Waals surface area contributed by atoms with Crippen molar-refractivity contribution in [3.8, 4) is 11.5 Å². The summed E-state index contributed by atoms with van der Waals surface area (Å²) in [4.78, 5) is 9.07. The molecule has 0 bridgehead atoms. The Morgan fingerprint density at radius 1 is 1.12 bits per heavy atom. The fourth-order valence-corrected chi connectivity index (χ4v) is 2.42. The van der Waals surface area contributed by atoms with Crippen LogP contribution in [0.2, 0.25) is 0 Å². The molecule has 0 unspecified atom stereocenters. The summed E-state index contributed by atoms with van der Waals surface area (Å²) in [6.45, 7) is 5.01. The molecule has 0 aliphatic heterocycles. The van der Waals surface area contributed by atoms with E-state index in [0.29, 0.717) is 12.4 Å². The highest BCUT2D eigenvalue weighted by atomic mass is 127. The molecular weight excluding hydrogens is 441 g/mol. The molecule has 0 aliphatic carbocycles. The lowest BCUT2D eigenvalue weighted by Crippen LogP contribution is -2.38. The number of nitrogens with zero attached hydrogens (tertiary/aromatic N) is 3. The van der Waals surface area contributed by atoms with Gasteiger partial charge in [-0.05, 0) is 31.2 Å². The molecule has 6 nitrogen and oxygen atoms in total. The molecule has 0 radical (unpaired) electrons. The van der Waals surface area contributed by atoms with Crippen LogP contribution in [0.4, 0.5) is 0 Å². The first-order valence-electron chi connectivity index (χ1n) is 8.48. The van der Waals surface area contributed by atoms with E-state index in [2.05, 4.69) is 25.2 Å². The first kappa shape index (κ1) is 20.0. The molecule has 0 atom stereocenters. The molecule has 26 heavy (non-hydrogen) atoms. The molecule has 3 aromatic rings. The molecule has 0 amide bonds. The number of benzene rings is 1. The number of oxazole rings is 1. The van der Waals surface area contributed by atoms with E-state index in [1.807, 2.05) is 61.8 Å². The van der Waals surface area contributed by atoms with Crippen LogP contribution in [0.1, 0.15) is 12.6 Å². The smallest absolute Gasteiger partial charge is 0.226 e. The first-order valence-corrected chi connectivity index (χ1v) is 8.48. The van der Waals surface area contributed by atoms with Gasteiger partial charge in [0.25, 0.3) is 0 Å². The maximum atomic E-state index is 5.55. The number of guanidine groups is 1. The molecule has 1 aromatic carbocycles. The Bertz CT molecular complexity index is 783. The fourth-order valence-electron chi connectivity index (χ4n) is 2.42. The Hall–Kier alpha value is -2.29. The summed E-state index contributed by atoms with van der Waals surface area (Å²) in [5.74, 6) is 1.40. The van der Waals surface area contributed by atoms with Crippen LogP contribution in [0, 0.1) is 0 Å². The second-order valence-electron chi connectivity index (χ2n) is 5.55. The number of rotatable bonds is 7. The van der Waals surface area contributed by atoms with Gasteiger partial charge in [-0.2, -0.15) is 0 Å². The number of aromatic nitrogens is 2. The summed E-state index contributed by atoms with van der Waals surface area (Å²) >= 11 is 0. The van der Waals surface area contributed by atoms with Gasteiger partial charge in [-0.1, -0.05) is 18.2 Å². The van der Waals surface area contributed by atoms with Crippen molar-refractivity contribution >= 4 is 29.9 Å². The monoisotopic (exact) mass is 465 g/mol. The van der Waals surface area contributed by atoms with E-state index >= 15 is 0 Å². The van der Waals surface area contributed by atoms with Gasteiger partial charge in [0, 0.05) is 37.6 Å². The third-order valence-corrected chi connectivity index (χ3v) is 3.64. The SMILES string of the molecule is CCNC(=NCc1coc(-c2ccccc2)n1)NCCn1cccc1.I. The average Bonchev–Trinajstić information content (AvgIpc) is 3.32. The van der Waals surface area contributed by atoms with Crippen LogP contribution in [0.15, 0.2) is 70.5 Å². The second kappa shape index (κ2) is 10.6. The van der Waals surface area contributed by atoms with Crippen molar-refractivity contribution in [1.82, 2.24) is 20.2 Å². The molecule has 2 heterocycles. The van der Waals surface area contributed by atoms with E-state index in [0.717, 1.165) is 36.9 Å². The van der Waals surface area contributed by atoms with Crippen LogP contribution in [-0.2, 0) is 13.1 Å². The normalized spacial score (nSPS) is 11.0. The van der Waals surface area contributed by atoms with Crippen molar-refractivity contribution in [3.05, 3.63) is 66.8 Å². The van der Waals surface area contributed by atoms with Gasteiger partial charge in [0.1, 0.15) is 12.0 Å². The number of nitrogens with one attached hydrogen (secondary N) is 2. The van der Waals surface area contributed by atoms with Gasteiger partial charge in [0.2, 0.25) is 5.89 Å². The summed E-state index contributed by atoms with van der Waals surface area (Å²) in [5.41, 5.74) is 1.77. The summed E-state index contributed by atoms with van der Waals surface area (Å²) in [7, 11) is 0. The first-order chi connectivity index (χ1) is 12.3. The largest absolute Gasteiger partial charge is 0.444 e. The van der Waals surface area contributed by atoms with Crippen molar-refractivity contribution in [1.29, 1.82) is 0 Å². The minimum absolute atomic E-state index is 0. The third kappa shape index (κ3) is 5.91. The zero-order valence-corrected chi connectivity index (χ0v) is 17.1. The van der Waals surface area contributed by atoms with Gasteiger partial charge in [-0.25, -0.2) is 9.98 Å². The van der Waals surface area contributed by atoms with E-state index in [-0.39, 0.29) is 24.0 Å². The third-order valence-electron chi connectivity index (χ3n) is 3.64. The molecule has 3 rings (SSSR count). The molecule has 0 aliphatic rings. The summed E-state index contributed by atoms with van der Waals surface area (Å²) in [6.07, 6.45) is 5.76. The quantitative estimate of drug-likeness (QED) is 0.319. The van der Waals surface area contributed by atoms with Crippen LogP contribution < -0.4 is 10.6 Å². The minimum Gasteiger partial charge on any atom is -0.444 e. The second-order valence-corrected chi connectivity index (χ2v) is 5.55. The van der Waals surface area contributed by atoms with E-state index in [9.17, 15) is 0 Å². The summed E-state index contributed by atoms with van der Waals surface area (Å²) in [6, 6.07) is 13.9. The average molecular weight is 465 g/mol. The summed E-state index contributed by atoms with van der Waals surface area (Å²) in [5, 5.41) is 6.57. The lowest BCUT2D eigenvalue weighted by Gasteiger charge is -2.11. The Morgan fingerprint density at radius 2 is 1.88 bits per heavy atom. The van der Waals surface area contributed by atoms with Crippen LogP contribution in [-0.4, -0.2) is 28.6 Å². The Labute approximate surface area is 170 Å². The van der Waals surface area contributed by atoms with Gasteiger partial charge in [0.15, 0.2) is 5.96 Å². The Morgan fingerprint density at radius 3 is 2.62 bits per heavy atom. The van der Waals surface area contributed by atoms with Crippen molar-refractivity contribution < 1.29 is 4.42 Å². The number of aliphatic imine (C=N–C) groups is 1. The molecule has 138 valence electrons. The lowest BCUT2D eigenvalue weighted by molar-refractivity contribution is 0.572. The molecular formula is C19H24IN5O. The highest BCUT2D eigenvalue weighted by Crippen LogP contribution is 2.18. The zero-order valence-electron chi connectivity index (χ0n) is 14.8. The number of hydrogen-bond acceptors (Lipinski definition) is 3. The van der Waals surface area contributed by atoms with Gasteiger partial charge in [0.05, 0.1) is 6.54 Å². The molecule has 2 aromatic heterocycles. The van der Waals surface area contributed by atoms with Gasteiger partial charge >= 0.3 is 0 Å². The number of hydrogen-bond donors (Lipinski definition) is 2. The van der Waals surface area contributed by atoms with Gasteiger partial charge in [-0.3, -0.25) is 0 Å². The van der Waals surface area contributed by atoms with E-state index < -0.39 is 0 Å². The Balaban J connectivity index is 0.00000243. The van der Waals surface area contributed by atoms with E-state index in [1.165, 1.54) is 0 Å². The van der Waals surface area contributed by atoms with Crippen LogP contribution >= 0.6 is 24.0 Å². The van der Waals surface area contributed by atoms with Gasteiger partial charge < -0.3 is 19.6 Å². The molecule has 0 saturated heterocycles. The van der Waals surface area contributed by atoms with Gasteiger partial charge in [-0.15, -0.1) is 24.0 Å². The van der Waals surface area contributed by atoms with Crippen LogP contribution in [0.5, 0.6) is 0 Å². The predicted octanol–water partition coefficient (Wildman–Crippen LogP) is 3.52. The minimum atomic E-state index is 0. The van der Waals surface area contributed by atoms with Crippen LogP contribution in [0.25, 0.3) is 11.5 Å².